The normalized spacial score (nSPS) is 25.3. The molecule has 1 saturated carbocycles. The molecule has 1 aromatic carbocycles. The van der Waals surface area contributed by atoms with Crippen molar-refractivity contribution >= 4 is 17.6 Å². The third-order valence-electron chi connectivity index (χ3n) is 4.54. The van der Waals surface area contributed by atoms with Gasteiger partial charge in [0.05, 0.1) is 0 Å². The minimum absolute atomic E-state index is 0.0381. The number of rotatable bonds is 2. The molecule has 4 heteroatoms. The monoisotopic (exact) mass is 272 g/mol. The lowest BCUT2D eigenvalue weighted by atomic mass is 9.78. The number of nitrogens with zero attached hydrogens (tertiary/aromatic N) is 1. The van der Waals surface area contributed by atoms with Crippen molar-refractivity contribution in [3.8, 4) is 0 Å². The van der Waals surface area contributed by atoms with Gasteiger partial charge in [0.1, 0.15) is 0 Å². The number of benzene rings is 1. The van der Waals surface area contributed by atoms with Gasteiger partial charge in [-0.25, -0.2) is 0 Å². The van der Waals surface area contributed by atoms with Crippen molar-refractivity contribution in [2.45, 2.75) is 32.1 Å². The maximum absolute atomic E-state index is 12.7. The van der Waals surface area contributed by atoms with Crippen molar-refractivity contribution in [2.75, 3.05) is 11.4 Å². The van der Waals surface area contributed by atoms with Crippen LogP contribution >= 0.6 is 0 Å². The van der Waals surface area contributed by atoms with E-state index in [0.29, 0.717) is 19.4 Å². The van der Waals surface area contributed by atoms with E-state index in [4.69, 9.17) is 0 Å². The molecular formula is C16H18NO3-. The Balaban J connectivity index is 1.84. The minimum Gasteiger partial charge on any atom is -0.550 e. The van der Waals surface area contributed by atoms with Crippen LogP contribution in [-0.4, -0.2) is 18.4 Å². The maximum atomic E-state index is 12.7. The number of para-hydroxylation sites is 1. The van der Waals surface area contributed by atoms with Gasteiger partial charge < -0.3 is 14.8 Å². The molecule has 0 saturated heterocycles. The Morgan fingerprint density at radius 2 is 1.80 bits per heavy atom. The van der Waals surface area contributed by atoms with Crippen LogP contribution in [0.3, 0.4) is 0 Å². The molecule has 1 amide bonds. The van der Waals surface area contributed by atoms with Crippen LogP contribution in [-0.2, 0) is 16.0 Å². The summed E-state index contributed by atoms with van der Waals surface area (Å²) in [6.45, 7) is 0.661. The van der Waals surface area contributed by atoms with Gasteiger partial charge in [0.2, 0.25) is 5.91 Å². The second-order valence-electron chi connectivity index (χ2n) is 5.69. The summed E-state index contributed by atoms with van der Waals surface area (Å²) < 4.78 is 0. The number of aliphatic carboxylic acids is 1. The van der Waals surface area contributed by atoms with E-state index in [1.165, 1.54) is 5.56 Å². The number of fused-ring (bicyclic) bond motifs is 1. The summed E-state index contributed by atoms with van der Waals surface area (Å²) in [4.78, 5) is 25.7. The van der Waals surface area contributed by atoms with Gasteiger partial charge >= 0.3 is 0 Å². The topological polar surface area (TPSA) is 60.4 Å². The predicted octanol–water partition coefficient (Wildman–Crippen LogP) is 1.13. The average molecular weight is 272 g/mol. The first-order valence-corrected chi connectivity index (χ1v) is 7.28. The molecule has 0 N–H and O–H groups in total. The van der Waals surface area contributed by atoms with Gasteiger partial charge in [-0.2, -0.15) is 0 Å². The molecule has 4 nitrogen and oxygen atoms in total. The highest BCUT2D eigenvalue weighted by atomic mass is 16.4. The quantitative estimate of drug-likeness (QED) is 0.811. The molecule has 0 spiro atoms. The van der Waals surface area contributed by atoms with Crippen molar-refractivity contribution in [3.05, 3.63) is 29.8 Å². The Kier molecular flexibility index (Phi) is 3.47. The zero-order chi connectivity index (χ0) is 14.1. The Morgan fingerprint density at radius 3 is 2.55 bits per heavy atom. The van der Waals surface area contributed by atoms with Crippen LogP contribution in [0.2, 0.25) is 0 Å². The first kappa shape index (κ1) is 13.2. The number of carboxylic acid groups (broad SMARTS) is 1. The van der Waals surface area contributed by atoms with Gasteiger partial charge in [0, 0.05) is 30.0 Å². The highest BCUT2D eigenvalue weighted by Gasteiger charge is 2.36. The fourth-order valence-corrected chi connectivity index (χ4v) is 3.48. The van der Waals surface area contributed by atoms with Crippen molar-refractivity contribution in [1.82, 2.24) is 0 Å². The maximum Gasteiger partial charge on any atom is 0.230 e. The largest absolute Gasteiger partial charge is 0.550 e. The van der Waals surface area contributed by atoms with Crippen molar-refractivity contribution in [2.24, 2.45) is 11.8 Å². The summed E-state index contributed by atoms with van der Waals surface area (Å²) in [5, 5.41) is 11.2. The first-order chi connectivity index (χ1) is 9.68. The van der Waals surface area contributed by atoms with Crippen LogP contribution in [0.15, 0.2) is 24.3 Å². The van der Waals surface area contributed by atoms with Gasteiger partial charge in [0.15, 0.2) is 0 Å². The molecule has 1 aliphatic heterocycles. The molecule has 1 heterocycles. The number of hydrogen-bond acceptors (Lipinski definition) is 3. The lowest BCUT2D eigenvalue weighted by Crippen LogP contribution is -2.45. The van der Waals surface area contributed by atoms with Crippen LogP contribution in [0.4, 0.5) is 5.69 Å². The molecule has 1 fully saturated rings. The average Bonchev–Trinajstić information content (AvgIpc) is 2.90. The van der Waals surface area contributed by atoms with Crippen molar-refractivity contribution in [3.63, 3.8) is 0 Å². The summed E-state index contributed by atoms with van der Waals surface area (Å²) in [7, 11) is 0. The Hall–Kier alpha value is -1.84. The van der Waals surface area contributed by atoms with Crippen LogP contribution < -0.4 is 10.0 Å². The van der Waals surface area contributed by atoms with Crippen LogP contribution in [0.1, 0.15) is 31.2 Å². The van der Waals surface area contributed by atoms with E-state index >= 15 is 0 Å². The highest BCUT2D eigenvalue weighted by Crippen LogP contribution is 2.35. The fourth-order valence-electron chi connectivity index (χ4n) is 3.48. The zero-order valence-electron chi connectivity index (χ0n) is 11.4. The zero-order valence-corrected chi connectivity index (χ0v) is 11.4. The van der Waals surface area contributed by atoms with Gasteiger partial charge in [-0.15, -0.1) is 0 Å². The summed E-state index contributed by atoms with van der Waals surface area (Å²) in [6, 6.07) is 7.86. The van der Waals surface area contributed by atoms with E-state index in [0.717, 1.165) is 24.9 Å². The Labute approximate surface area is 118 Å². The van der Waals surface area contributed by atoms with E-state index in [2.05, 4.69) is 0 Å². The molecular weight excluding hydrogens is 254 g/mol. The molecule has 0 unspecified atom stereocenters. The lowest BCUT2D eigenvalue weighted by molar-refractivity contribution is -0.313. The van der Waals surface area contributed by atoms with Crippen molar-refractivity contribution in [1.29, 1.82) is 0 Å². The molecule has 1 aliphatic carbocycles. The lowest BCUT2D eigenvalue weighted by Gasteiger charge is -2.34. The molecule has 0 bridgehead atoms. The summed E-state index contributed by atoms with van der Waals surface area (Å²) in [5.74, 6) is -2.15. The van der Waals surface area contributed by atoms with Gasteiger partial charge in [-0.3, -0.25) is 4.79 Å². The smallest absolute Gasteiger partial charge is 0.230 e. The predicted molar refractivity (Wildman–Crippen MR) is 73.0 cm³/mol. The molecule has 1 aromatic rings. The van der Waals surface area contributed by atoms with E-state index < -0.39 is 17.8 Å². The second kappa shape index (κ2) is 5.27. The number of amides is 1. The molecule has 2 aliphatic rings. The van der Waals surface area contributed by atoms with Crippen molar-refractivity contribution < 1.29 is 14.7 Å². The van der Waals surface area contributed by atoms with Gasteiger partial charge in [0.25, 0.3) is 0 Å². The first-order valence-electron chi connectivity index (χ1n) is 7.28. The van der Waals surface area contributed by atoms with E-state index in [1.54, 1.807) is 4.90 Å². The second-order valence-corrected chi connectivity index (χ2v) is 5.69. The van der Waals surface area contributed by atoms with Crippen LogP contribution in [0, 0.1) is 11.8 Å². The summed E-state index contributed by atoms with van der Waals surface area (Å²) in [5.41, 5.74) is 2.11. The third-order valence-corrected chi connectivity index (χ3v) is 4.54. The van der Waals surface area contributed by atoms with Gasteiger partial charge in [-0.05, 0) is 30.9 Å². The minimum atomic E-state index is -1.07. The molecule has 0 radical (unpaired) electrons. The Bertz CT molecular complexity index is 540. The number of carboxylic acids is 1. The third kappa shape index (κ3) is 2.19. The number of carbonyl (C=O) groups excluding carboxylic acids is 2. The Morgan fingerprint density at radius 1 is 1.10 bits per heavy atom. The summed E-state index contributed by atoms with van der Waals surface area (Å²) in [6.07, 6.45) is 3.88. The molecule has 2 atom stereocenters. The molecule has 0 aromatic heterocycles. The number of carbonyl (C=O) groups is 2. The summed E-state index contributed by atoms with van der Waals surface area (Å²) >= 11 is 0. The van der Waals surface area contributed by atoms with E-state index in [-0.39, 0.29) is 5.91 Å². The highest BCUT2D eigenvalue weighted by molar-refractivity contribution is 5.98. The van der Waals surface area contributed by atoms with Crippen LogP contribution in [0.5, 0.6) is 0 Å². The van der Waals surface area contributed by atoms with Gasteiger partial charge in [-0.1, -0.05) is 31.0 Å². The standard InChI is InChI=1S/C16H19NO3/c18-15(12-6-2-3-7-13(12)16(19)20)17-10-9-11-5-1-4-8-14(11)17/h1,4-5,8,12-13H,2-3,6-7,9-10H2,(H,19,20)/p-1/t12-,13-/m0/s1. The van der Waals surface area contributed by atoms with Crippen LogP contribution in [0.25, 0.3) is 0 Å². The fraction of sp³-hybridized carbons (Fsp3) is 0.500. The number of anilines is 1. The van der Waals surface area contributed by atoms with E-state index in [9.17, 15) is 14.7 Å². The van der Waals surface area contributed by atoms with E-state index in [1.807, 2.05) is 24.3 Å². The molecule has 20 heavy (non-hydrogen) atoms. The molecule has 106 valence electrons. The molecule has 3 rings (SSSR count). The SMILES string of the molecule is O=C([O-])[C@H]1CCCC[C@@H]1C(=O)N1CCc2ccccc21. The number of hydrogen-bond donors (Lipinski definition) is 0.